The maximum atomic E-state index is 11.6. The van der Waals surface area contributed by atoms with Gasteiger partial charge in [0.05, 0.1) is 11.1 Å². The first-order valence-electron chi connectivity index (χ1n) is 7.02. The summed E-state index contributed by atoms with van der Waals surface area (Å²) in [5, 5.41) is 18.4. The molecule has 0 aliphatic rings. The van der Waals surface area contributed by atoms with Crippen molar-refractivity contribution in [2.45, 2.75) is 45.0 Å². The van der Waals surface area contributed by atoms with Crippen molar-refractivity contribution in [3.05, 3.63) is 0 Å². The lowest BCUT2D eigenvalue weighted by Gasteiger charge is -2.13. The van der Waals surface area contributed by atoms with Crippen LogP contribution in [-0.2, 0) is 4.79 Å². The number of carbonyl (C=O) groups excluding carboxylic acids is 1. The van der Waals surface area contributed by atoms with Crippen molar-refractivity contribution in [2.24, 2.45) is 0 Å². The molecule has 5 nitrogen and oxygen atoms in total. The minimum atomic E-state index is 0.0883. The number of thioether (sulfide) groups is 1. The zero-order valence-corrected chi connectivity index (χ0v) is 13.2. The SMILES string of the molecule is CC(C)NCCCNC(=O)CSC(C)NCCCO. The Morgan fingerprint density at radius 3 is 2.42 bits per heavy atom. The van der Waals surface area contributed by atoms with Gasteiger partial charge in [-0.2, -0.15) is 0 Å². The van der Waals surface area contributed by atoms with Crippen LogP contribution in [0, 0.1) is 0 Å². The molecule has 1 unspecified atom stereocenters. The van der Waals surface area contributed by atoms with Crippen LogP contribution in [-0.4, -0.2) is 54.4 Å². The molecule has 0 aromatic heterocycles. The summed E-state index contributed by atoms with van der Waals surface area (Å²) in [4.78, 5) is 11.6. The van der Waals surface area contributed by atoms with Crippen LogP contribution in [0.15, 0.2) is 0 Å². The largest absolute Gasteiger partial charge is 0.396 e. The van der Waals surface area contributed by atoms with Crippen LogP contribution < -0.4 is 16.0 Å². The number of aliphatic hydroxyl groups excluding tert-OH is 1. The Morgan fingerprint density at radius 2 is 1.79 bits per heavy atom. The third kappa shape index (κ3) is 13.9. The van der Waals surface area contributed by atoms with E-state index in [4.69, 9.17) is 5.11 Å². The monoisotopic (exact) mass is 291 g/mol. The van der Waals surface area contributed by atoms with Crippen molar-refractivity contribution in [2.75, 3.05) is 32.0 Å². The zero-order chi connectivity index (χ0) is 14.5. The average Bonchev–Trinajstić information content (AvgIpc) is 2.36. The summed E-state index contributed by atoms with van der Waals surface area (Å²) in [6, 6.07) is 0.497. The molecule has 114 valence electrons. The van der Waals surface area contributed by atoms with E-state index >= 15 is 0 Å². The topological polar surface area (TPSA) is 73.4 Å². The van der Waals surface area contributed by atoms with E-state index in [9.17, 15) is 4.79 Å². The van der Waals surface area contributed by atoms with Gasteiger partial charge in [-0.25, -0.2) is 0 Å². The lowest BCUT2D eigenvalue weighted by molar-refractivity contribution is -0.118. The van der Waals surface area contributed by atoms with E-state index in [0.29, 0.717) is 11.8 Å². The van der Waals surface area contributed by atoms with E-state index in [2.05, 4.69) is 29.8 Å². The summed E-state index contributed by atoms with van der Waals surface area (Å²) in [6.07, 6.45) is 1.71. The maximum absolute atomic E-state index is 11.6. The fraction of sp³-hybridized carbons (Fsp3) is 0.923. The summed E-state index contributed by atoms with van der Waals surface area (Å²) >= 11 is 1.58. The first-order chi connectivity index (χ1) is 9.06. The van der Waals surface area contributed by atoms with E-state index in [0.717, 1.165) is 32.5 Å². The Kier molecular flexibility index (Phi) is 12.5. The van der Waals surface area contributed by atoms with Crippen LogP contribution in [0.1, 0.15) is 33.6 Å². The third-order valence-electron chi connectivity index (χ3n) is 2.46. The van der Waals surface area contributed by atoms with Gasteiger partial charge in [-0.15, -0.1) is 11.8 Å². The molecule has 0 aromatic carbocycles. The smallest absolute Gasteiger partial charge is 0.230 e. The van der Waals surface area contributed by atoms with Gasteiger partial charge >= 0.3 is 0 Å². The van der Waals surface area contributed by atoms with E-state index in [1.807, 2.05) is 6.92 Å². The van der Waals surface area contributed by atoms with E-state index in [1.54, 1.807) is 11.8 Å². The highest BCUT2D eigenvalue weighted by molar-refractivity contribution is 8.00. The lowest BCUT2D eigenvalue weighted by atomic mass is 10.3. The molecule has 0 rings (SSSR count). The van der Waals surface area contributed by atoms with Gasteiger partial charge in [-0.3, -0.25) is 4.79 Å². The Balaban J connectivity index is 3.38. The highest BCUT2D eigenvalue weighted by Crippen LogP contribution is 2.06. The van der Waals surface area contributed by atoms with E-state index in [-0.39, 0.29) is 17.9 Å². The number of amides is 1. The van der Waals surface area contributed by atoms with Crippen LogP contribution in [0.2, 0.25) is 0 Å². The third-order valence-corrected chi connectivity index (χ3v) is 3.55. The van der Waals surface area contributed by atoms with Crippen LogP contribution in [0.5, 0.6) is 0 Å². The van der Waals surface area contributed by atoms with Gasteiger partial charge in [0.25, 0.3) is 0 Å². The molecule has 6 heteroatoms. The number of nitrogens with one attached hydrogen (secondary N) is 3. The van der Waals surface area contributed by atoms with Gasteiger partial charge < -0.3 is 21.1 Å². The molecule has 0 radical (unpaired) electrons. The fourth-order valence-corrected chi connectivity index (χ4v) is 2.14. The molecule has 1 atom stereocenters. The summed E-state index contributed by atoms with van der Waals surface area (Å²) in [7, 11) is 0. The van der Waals surface area contributed by atoms with Gasteiger partial charge in [0.15, 0.2) is 0 Å². The Hall–Kier alpha value is -0.300. The van der Waals surface area contributed by atoms with E-state index in [1.165, 1.54) is 0 Å². The summed E-state index contributed by atoms with van der Waals surface area (Å²) in [6.45, 7) is 8.90. The number of aliphatic hydroxyl groups is 1. The average molecular weight is 291 g/mol. The number of hydrogen-bond donors (Lipinski definition) is 4. The highest BCUT2D eigenvalue weighted by Gasteiger charge is 2.05. The van der Waals surface area contributed by atoms with Gasteiger partial charge in [-0.1, -0.05) is 13.8 Å². The van der Waals surface area contributed by atoms with Crippen LogP contribution in [0.3, 0.4) is 0 Å². The Morgan fingerprint density at radius 1 is 1.11 bits per heavy atom. The van der Waals surface area contributed by atoms with Crippen molar-refractivity contribution < 1.29 is 9.90 Å². The minimum absolute atomic E-state index is 0.0883. The maximum Gasteiger partial charge on any atom is 0.230 e. The van der Waals surface area contributed by atoms with Crippen LogP contribution in [0.25, 0.3) is 0 Å². The second kappa shape index (κ2) is 12.7. The molecular weight excluding hydrogens is 262 g/mol. The zero-order valence-electron chi connectivity index (χ0n) is 12.4. The summed E-state index contributed by atoms with van der Waals surface area (Å²) in [5.74, 6) is 0.565. The molecule has 0 aliphatic heterocycles. The standard InChI is InChI=1S/C13H29N3O2S/c1-11(2)14-6-4-7-16-13(18)10-19-12(3)15-8-5-9-17/h11-12,14-15,17H,4-10H2,1-3H3,(H,16,18). The molecule has 0 aromatic rings. The van der Waals surface area contributed by atoms with Gasteiger partial charge in [0, 0.05) is 19.2 Å². The molecule has 4 N–H and O–H groups in total. The second-order valence-corrected chi connectivity index (χ2v) is 6.13. The summed E-state index contributed by atoms with van der Waals surface area (Å²) < 4.78 is 0. The molecule has 0 fully saturated rings. The number of hydrogen-bond acceptors (Lipinski definition) is 5. The van der Waals surface area contributed by atoms with Gasteiger partial charge in [0.2, 0.25) is 5.91 Å². The van der Waals surface area contributed by atoms with E-state index < -0.39 is 0 Å². The van der Waals surface area contributed by atoms with Crippen LogP contribution in [0.4, 0.5) is 0 Å². The fourth-order valence-electron chi connectivity index (χ4n) is 1.40. The first-order valence-corrected chi connectivity index (χ1v) is 8.07. The molecule has 1 amide bonds. The number of rotatable bonds is 12. The Bertz CT molecular complexity index is 228. The minimum Gasteiger partial charge on any atom is -0.396 e. The van der Waals surface area contributed by atoms with Gasteiger partial charge in [0.1, 0.15) is 0 Å². The Labute approximate surface area is 121 Å². The molecular formula is C13H29N3O2S. The molecule has 0 heterocycles. The molecule has 0 aliphatic carbocycles. The first kappa shape index (κ1) is 18.7. The molecule has 0 saturated carbocycles. The molecule has 0 saturated heterocycles. The molecule has 19 heavy (non-hydrogen) atoms. The normalized spacial score (nSPS) is 12.7. The van der Waals surface area contributed by atoms with Crippen molar-refractivity contribution in [3.8, 4) is 0 Å². The second-order valence-electron chi connectivity index (χ2n) is 4.80. The van der Waals surface area contributed by atoms with Crippen molar-refractivity contribution in [1.29, 1.82) is 0 Å². The lowest BCUT2D eigenvalue weighted by Crippen LogP contribution is -2.32. The van der Waals surface area contributed by atoms with Crippen LogP contribution >= 0.6 is 11.8 Å². The molecule has 0 spiro atoms. The van der Waals surface area contributed by atoms with Crippen molar-refractivity contribution in [1.82, 2.24) is 16.0 Å². The van der Waals surface area contributed by atoms with Gasteiger partial charge in [-0.05, 0) is 32.9 Å². The highest BCUT2D eigenvalue weighted by atomic mass is 32.2. The van der Waals surface area contributed by atoms with Crippen molar-refractivity contribution in [3.63, 3.8) is 0 Å². The quantitative estimate of drug-likeness (QED) is 0.312. The van der Waals surface area contributed by atoms with Crippen molar-refractivity contribution >= 4 is 17.7 Å². The molecule has 0 bridgehead atoms. The summed E-state index contributed by atoms with van der Waals surface area (Å²) in [5.41, 5.74) is 0. The predicted molar refractivity (Wildman–Crippen MR) is 82.4 cm³/mol. The number of carbonyl (C=O) groups is 1. The predicted octanol–water partition coefficient (Wildman–Crippen LogP) is 0.542.